The molecule has 0 spiro atoms. The van der Waals surface area contributed by atoms with E-state index in [9.17, 15) is 9.59 Å². The summed E-state index contributed by atoms with van der Waals surface area (Å²) in [6, 6.07) is 10.3. The van der Waals surface area contributed by atoms with Crippen molar-refractivity contribution in [3.8, 4) is 5.69 Å². The molecular weight excluding hydrogens is 328 g/mol. The van der Waals surface area contributed by atoms with Gasteiger partial charge >= 0.3 is 0 Å². The van der Waals surface area contributed by atoms with Gasteiger partial charge in [0.2, 0.25) is 11.8 Å². The topological polar surface area (TPSA) is 58.4 Å². The molecule has 1 saturated heterocycles. The summed E-state index contributed by atoms with van der Waals surface area (Å²) in [5.74, 6) is 0.270. The fraction of sp³-hybridized carbons (Fsp3) is 0.450. The molecule has 26 heavy (non-hydrogen) atoms. The zero-order valence-electron chi connectivity index (χ0n) is 15.0. The summed E-state index contributed by atoms with van der Waals surface area (Å²) in [5.41, 5.74) is 2.05. The lowest BCUT2D eigenvalue weighted by atomic mass is 9.95. The molecule has 0 N–H and O–H groups in total. The minimum absolute atomic E-state index is 0.0763. The third kappa shape index (κ3) is 3.49. The number of nitrogens with zero attached hydrogens (tertiary/aromatic N) is 4. The van der Waals surface area contributed by atoms with E-state index >= 15 is 0 Å². The summed E-state index contributed by atoms with van der Waals surface area (Å²) in [5, 5.41) is 4.25. The molecule has 4 rings (SSSR count). The number of aromatic nitrogens is 2. The fourth-order valence-electron chi connectivity index (χ4n) is 3.69. The Morgan fingerprint density at radius 1 is 1.27 bits per heavy atom. The van der Waals surface area contributed by atoms with Gasteiger partial charge in [-0.3, -0.25) is 9.59 Å². The summed E-state index contributed by atoms with van der Waals surface area (Å²) in [7, 11) is 1.85. The molecule has 6 nitrogen and oxygen atoms in total. The number of rotatable bonds is 5. The molecule has 0 bridgehead atoms. The smallest absolute Gasteiger partial charge is 0.227 e. The number of hydrogen-bond donors (Lipinski definition) is 0. The Morgan fingerprint density at radius 2 is 2.12 bits per heavy atom. The van der Waals surface area contributed by atoms with Crippen molar-refractivity contribution in [2.45, 2.75) is 38.3 Å². The van der Waals surface area contributed by atoms with Crippen molar-refractivity contribution in [3.05, 3.63) is 48.3 Å². The van der Waals surface area contributed by atoms with E-state index in [-0.39, 0.29) is 17.7 Å². The van der Waals surface area contributed by atoms with Gasteiger partial charge in [-0.15, -0.1) is 0 Å². The van der Waals surface area contributed by atoms with E-state index < -0.39 is 0 Å². The molecule has 2 aromatic rings. The number of carbonyl (C=O) groups excluding carboxylic acids is 2. The summed E-state index contributed by atoms with van der Waals surface area (Å²) in [6.07, 6.45) is 6.98. The van der Waals surface area contributed by atoms with Crippen molar-refractivity contribution >= 4 is 11.8 Å². The van der Waals surface area contributed by atoms with E-state index in [1.165, 1.54) is 0 Å². The highest BCUT2D eigenvalue weighted by molar-refractivity contribution is 5.84. The normalized spacial score (nSPS) is 20.3. The van der Waals surface area contributed by atoms with Crippen LogP contribution in [0.4, 0.5) is 0 Å². The van der Waals surface area contributed by atoms with Crippen molar-refractivity contribution in [3.63, 3.8) is 0 Å². The van der Waals surface area contributed by atoms with Gasteiger partial charge in [-0.05, 0) is 43.0 Å². The number of carbonyl (C=O) groups is 2. The summed E-state index contributed by atoms with van der Waals surface area (Å²) in [6.45, 7) is 1.14. The number of likely N-dealkylation sites (tertiary alicyclic amines) is 1. The molecule has 1 atom stereocenters. The van der Waals surface area contributed by atoms with Gasteiger partial charge < -0.3 is 9.80 Å². The SMILES string of the molecule is CN(Cc1cccc(-n2cccn2)c1)C(=O)[C@H]1CCC(=O)N(C2CC2)C1. The van der Waals surface area contributed by atoms with Crippen LogP contribution in [0.3, 0.4) is 0 Å². The second-order valence-corrected chi connectivity index (χ2v) is 7.33. The molecule has 1 aliphatic heterocycles. The average Bonchev–Trinajstić information content (AvgIpc) is 3.34. The Balaban J connectivity index is 1.41. The average molecular weight is 352 g/mol. The second kappa shape index (κ2) is 6.94. The molecule has 136 valence electrons. The highest BCUT2D eigenvalue weighted by Gasteiger charge is 2.39. The first kappa shape index (κ1) is 16.8. The van der Waals surface area contributed by atoms with Crippen LogP contribution < -0.4 is 0 Å². The lowest BCUT2D eigenvalue weighted by Gasteiger charge is -2.34. The van der Waals surface area contributed by atoms with E-state index in [2.05, 4.69) is 11.2 Å². The first-order valence-electron chi connectivity index (χ1n) is 9.25. The van der Waals surface area contributed by atoms with Crippen LogP contribution in [-0.2, 0) is 16.1 Å². The van der Waals surface area contributed by atoms with Crippen molar-refractivity contribution in [1.82, 2.24) is 19.6 Å². The van der Waals surface area contributed by atoms with E-state index in [0.29, 0.717) is 32.0 Å². The molecule has 1 aromatic carbocycles. The fourth-order valence-corrected chi connectivity index (χ4v) is 3.69. The zero-order valence-corrected chi connectivity index (χ0v) is 15.0. The lowest BCUT2D eigenvalue weighted by molar-refractivity contribution is -0.143. The quantitative estimate of drug-likeness (QED) is 0.829. The van der Waals surface area contributed by atoms with Crippen LogP contribution in [-0.4, -0.2) is 51.0 Å². The van der Waals surface area contributed by atoms with Gasteiger partial charge in [-0.1, -0.05) is 12.1 Å². The van der Waals surface area contributed by atoms with Crippen LogP contribution >= 0.6 is 0 Å². The lowest BCUT2D eigenvalue weighted by Crippen LogP contribution is -2.46. The zero-order chi connectivity index (χ0) is 18.1. The van der Waals surface area contributed by atoms with Gasteiger partial charge in [0, 0.05) is 45.0 Å². The molecular formula is C20H24N4O2. The number of amides is 2. The summed E-state index contributed by atoms with van der Waals surface area (Å²) < 4.78 is 1.81. The van der Waals surface area contributed by atoms with E-state index in [0.717, 1.165) is 24.1 Å². The highest BCUT2D eigenvalue weighted by atomic mass is 16.2. The molecule has 2 aliphatic rings. The summed E-state index contributed by atoms with van der Waals surface area (Å²) >= 11 is 0. The Kier molecular flexibility index (Phi) is 4.49. The molecule has 1 aromatic heterocycles. The van der Waals surface area contributed by atoms with Gasteiger partial charge in [0.25, 0.3) is 0 Å². The van der Waals surface area contributed by atoms with Gasteiger partial charge in [-0.25, -0.2) is 4.68 Å². The van der Waals surface area contributed by atoms with Crippen LogP contribution in [0.5, 0.6) is 0 Å². The molecule has 2 fully saturated rings. The third-order valence-corrected chi connectivity index (χ3v) is 5.26. The second-order valence-electron chi connectivity index (χ2n) is 7.33. The monoisotopic (exact) mass is 352 g/mol. The minimum atomic E-state index is -0.0763. The van der Waals surface area contributed by atoms with Gasteiger partial charge in [0.05, 0.1) is 11.6 Å². The number of piperidine rings is 1. The van der Waals surface area contributed by atoms with Crippen LogP contribution in [0.15, 0.2) is 42.7 Å². The van der Waals surface area contributed by atoms with Crippen LogP contribution in [0.25, 0.3) is 5.69 Å². The number of hydrogen-bond acceptors (Lipinski definition) is 3. The van der Waals surface area contributed by atoms with Crippen molar-refractivity contribution in [2.24, 2.45) is 5.92 Å². The van der Waals surface area contributed by atoms with E-state index in [1.54, 1.807) is 11.1 Å². The predicted octanol–water partition coefficient (Wildman–Crippen LogP) is 2.23. The van der Waals surface area contributed by atoms with Crippen LogP contribution in [0.1, 0.15) is 31.2 Å². The van der Waals surface area contributed by atoms with E-state index in [1.807, 2.05) is 47.1 Å². The largest absolute Gasteiger partial charge is 0.341 e. The van der Waals surface area contributed by atoms with Gasteiger partial charge in [0.1, 0.15) is 0 Å². The third-order valence-electron chi connectivity index (χ3n) is 5.26. The molecule has 1 aliphatic carbocycles. The Bertz CT molecular complexity index is 798. The summed E-state index contributed by atoms with van der Waals surface area (Å²) in [4.78, 5) is 28.6. The molecule has 2 amide bonds. The van der Waals surface area contributed by atoms with Crippen molar-refractivity contribution in [1.29, 1.82) is 0 Å². The standard InChI is InChI=1S/C20H24N4O2/c1-22(13-15-4-2-5-18(12-15)24-11-3-10-21-24)20(26)16-6-9-19(25)23(14-16)17-7-8-17/h2-5,10-12,16-17H,6-9,13-14H2,1H3/t16-/m0/s1. The first-order valence-corrected chi connectivity index (χ1v) is 9.25. The Hall–Kier alpha value is -2.63. The predicted molar refractivity (Wildman–Crippen MR) is 97.5 cm³/mol. The molecule has 2 heterocycles. The first-order chi connectivity index (χ1) is 12.6. The highest BCUT2D eigenvalue weighted by Crippen LogP contribution is 2.32. The maximum Gasteiger partial charge on any atom is 0.227 e. The molecule has 6 heteroatoms. The molecule has 0 radical (unpaired) electrons. The van der Waals surface area contributed by atoms with Gasteiger partial charge in [0.15, 0.2) is 0 Å². The number of benzene rings is 1. The molecule has 1 saturated carbocycles. The maximum atomic E-state index is 12.9. The van der Waals surface area contributed by atoms with Crippen molar-refractivity contribution < 1.29 is 9.59 Å². The Labute approximate surface area is 153 Å². The van der Waals surface area contributed by atoms with Gasteiger partial charge in [-0.2, -0.15) is 5.10 Å². The van der Waals surface area contributed by atoms with Crippen LogP contribution in [0.2, 0.25) is 0 Å². The maximum absolute atomic E-state index is 12.9. The molecule has 0 unspecified atom stereocenters. The van der Waals surface area contributed by atoms with E-state index in [4.69, 9.17) is 0 Å². The Morgan fingerprint density at radius 3 is 2.85 bits per heavy atom. The van der Waals surface area contributed by atoms with Crippen molar-refractivity contribution in [2.75, 3.05) is 13.6 Å². The minimum Gasteiger partial charge on any atom is -0.341 e. The van der Waals surface area contributed by atoms with Crippen LogP contribution in [0, 0.1) is 5.92 Å².